The summed E-state index contributed by atoms with van der Waals surface area (Å²) in [6, 6.07) is 23.1. The Hall–Kier alpha value is -3.00. The second kappa shape index (κ2) is 6.48. The number of hydrogen-bond acceptors (Lipinski definition) is 2. The van der Waals surface area contributed by atoms with Crippen molar-refractivity contribution in [1.82, 2.24) is 0 Å². The Morgan fingerprint density at radius 2 is 1.56 bits per heavy atom. The van der Waals surface area contributed by atoms with Crippen LogP contribution in [0, 0.1) is 0 Å². The maximum atomic E-state index is 5.84. The van der Waals surface area contributed by atoms with Crippen LogP contribution in [-0.4, -0.2) is 7.11 Å². The standard InChI is InChI=1S/C23H21NO/c1-25-20-12-13-22-18(15-20)9-8-17-4-2-3-5-21(17)23(22)14-16-6-10-19(24)11-7-16/h2-7,10-15H,8-9,24H2,1H3. The second-order valence-corrected chi connectivity index (χ2v) is 6.40. The zero-order valence-corrected chi connectivity index (χ0v) is 14.3. The Morgan fingerprint density at radius 1 is 0.840 bits per heavy atom. The molecule has 4 rings (SSSR count). The number of fused-ring (bicyclic) bond motifs is 2. The molecule has 3 aromatic rings. The SMILES string of the molecule is COc1ccc2c(c1)CCc1ccccc1C2=Cc1ccc(N)cc1. The lowest BCUT2D eigenvalue weighted by molar-refractivity contribution is 0.414. The van der Waals surface area contributed by atoms with Crippen LogP contribution in [0.1, 0.15) is 27.8 Å². The fourth-order valence-electron chi connectivity index (χ4n) is 3.50. The van der Waals surface area contributed by atoms with Crippen LogP contribution in [0.3, 0.4) is 0 Å². The predicted molar refractivity (Wildman–Crippen MR) is 105 cm³/mol. The summed E-state index contributed by atoms with van der Waals surface area (Å²) in [6.45, 7) is 0. The summed E-state index contributed by atoms with van der Waals surface area (Å²) < 4.78 is 5.43. The predicted octanol–water partition coefficient (Wildman–Crippen LogP) is 4.96. The van der Waals surface area contributed by atoms with Gasteiger partial charge in [-0.3, -0.25) is 0 Å². The highest BCUT2D eigenvalue weighted by Gasteiger charge is 2.18. The van der Waals surface area contributed by atoms with Gasteiger partial charge in [0.05, 0.1) is 7.11 Å². The number of benzene rings is 3. The lowest BCUT2D eigenvalue weighted by Crippen LogP contribution is -1.94. The minimum Gasteiger partial charge on any atom is -0.497 e. The molecule has 3 aromatic carbocycles. The molecule has 25 heavy (non-hydrogen) atoms. The van der Waals surface area contributed by atoms with Crippen LogP contribution < -0.4 is 10.5 Å². The van der Waals surface area contributed by atoms with Crippen molar-refractivity contribution in [3.05, 3.63) is 94.5 Å². The molecular formula is C23H21NO. The molecule has 0 spiro atoms. The van der Waals surface area contributed by atoms with E-state index in [1.54, 1.807) is 7.11 Å². The van der Waals surface area contributed by atoms with Gasteiger partial charge in [0.25, 0.3) is 0 Å². The smallest absolute Gasteiger partial charge is 0.119 e. The van der Waals surface area contributed by atoms with Gasteiger partial charge in [-0.1, -0.05) is 42.5 Å². The number of hydrogen-bond donors (Lipinski definition) is 1. The zero-order chi connectivity index (χ0) is 17.2. The normalized spacial score (nSPS) is 14.5. The highest BCUT2D eigenvalue weighted by atomic mass is 16.5. The maximum absolute atomic E-state index is 5.84. The molecule has 1 aliphatic rings. The van der Waals surface area contributed by atoms with Crippen molar-refractivity contribution >= 4 is 17.3 Å². The van der Waals surface area contributed by atoms with Gasteiger partial charge < -0.3 is 10.5 Å². The summed E-state index contributed by atoms with van der Waals surface area (Å²) in [7, 11) is 1.72. The third-order valence-electron chi connectivity index (χ3n) is 4.82. The van der Waals surface area contributed by atoms with Crippen molar-refractivity contribution in [2.75, 3.05) is 12.8 Å². The van der Waals surface area contributed by atoms with Gasteiger partial charge in [-0.05, 0) is 76.6 Å². The fourth-order valence-corrected chi connectivity index (χ4v) is 3.50. The number of rotatable bonds is 2. The lowest BCUT2D eigenvalue weighted by Gasteiger charge is -2.13. The van der Waals surface area contributed by atoms with Gasteiger partial charge in [0.2, 0.25) is 0 Å². The number of aryl methyl sites for hydroxylation is 2. The van der Waals surface area contributed by atoms with Crippen molar-refractivity contribution in [1.29, 1.82) is 0 Å². The fraction of sp³-hybridized carbons (Fsp3) is 0.130. The van der Waals surface area contributed by atoms with E-state index in [-0.39, 0.29) is 0 Å². The molecule has 0 radical (unpaired) electrons. The van der Waals surface area contributed by atoms with Crippen LogP contribution in [0.25, 0.3) is 11.6 Å². The van der Waals surface area contributed by atoms with Gasteiger partial charge in [-0.2, -0.15) is 0 Å². The van der Waals surface area contributed by atoms with Gasteiger partial charge in [-0.15, -0.1) is 0 Å². The Balaban J connectivity index is 1.93. The van der Waals surface area contributed by atoms with E-state index >= 15 is 0 Å². The number of ether oxygens (including phenoxy) is 1. The average molecular weight is 327 g/mol. The minimum atomic E-state index is 0.786. The van der Waals surface area contributed by atoms with Crippen molar-refractivity contribution in [2.45, 2.75) is 12.8 Å². The first-order valence-corrected chi connectivity index (χ1v) is 8.57. The molecule has 0 amide bonds. The van der Waals surface area contributed by atoms with Crippen LogP contribution in [-0.2, 0) is 12.8 Å². The molecular weight excluding hydrogens is 306 g/mol. The molecule has 0 heterocycles. The van der Waals surface area contributed by atoms with Crippen LogP contribution in [0.4, 0.5) is 5.69 Å². The molecule has 0 saturated carbocycles. The van der Waals surface area contributed by atoms with E-state index in [9.17, 15) is 0 Å². The largest absolute Gasteiger partial charge is 0.497 e. The Bertz CT molecular complexity index is 939. The van der Waals surface area contributed by atoms with E-state index in [0.29, 0.717) is 0 Å². The first-order valence-electron chi connectivity index (χ1n) is 8.57. The third kappa shape index (κ3) is 3.03. The second-order valence-electron chi connectivity index (χ2n) is 6.40. The molecule has 0 aliphatic heterocycles. The summed E-state index contributed by atoms with van der Waals surface area (Å²) in [5.41, 5.74) is 14.3. The summed E-state index contributed by atoms with van der Waals surface area (Å²) in [6.07, 6.45) is 4.31. The van der Waals surface area contributed by atoms with E-state index in [1.165, 1.54) is 27.8 Å². The molecule has 0 fully saturated rings. The molecule has 0 unspecified atom stereocenters. The van der Waals surface area contributed by atoms with Crippen LogP contribution >= 0.6 is 0 Å². The van der Waals surface area contributed by atoms with E-state index in [4.69, 9.17) is 10.5 Å². The van der Waals surface area contributed by atoms with E-state index in [2.05, 4.69) is 54.6 Å². The van der Waals surface area contributed by atoms with E-state index in [0.717, 1.165) is 29.8 Å². The minimum absolute atomic E-state index is 0.786. The highest BCUT2D eigenvalue weighted by Crippen LogP contribution is 2.36. The van der Waals surface area contributed by atoms with E-state index in [1.807, 2.05) is 18.2 Å². The Morgan fingerprint density at radius 3 is 2.36 bits per heavy atom. The molecule has 0 bridgehead atoms. The van der Waals surface area contributed by atoms with Crippen LogP contribution in [0.15, 0.2) is 66.7 Å². The van der Waals surface area contributed by atoms with E-state index < -0.39 is 0 Å². The summed E-state index contributed by atoms with van der Waals surface area (Å²) in [5, 5.41) is 0. The summed E-state index contributed by atoms with van der Waals surface area (Å²) >= 11 is 0. The van der Waals surface area contributed by atoms with Crippen molar-refractivity contribution in [3.63, 3.8) is 0 Å². The third-order valence-corrected chi connectivity index (χ3v) is 4.82. The topological polar surface area (TPSA) is 35.2 Å². The van der Waals surface area contributed by atoms with Gasteiger partial charge in [0, 0.05) is 5.69 Å². The first kappa shape index (κ1) is 15.5. The molecule has 124 valence electrons. The van der Waals surface area contributed by atoms with Crippen molar-refractivity contribution in [3.8, 4) is 5.75 Å². The maximum Gasteiger partial charge on any atom is 0.119 e. The molecule has 2 nitrogen and oxygen atoms in total. The molecule has 1 aliphatic carbocycles. The summed E-state index contributed by atoms with van der Waals surface area (Å²) in [5.74, 6) is 0.913. The molecule has 0 atom stereocenters. The Labute approximate surface area is 148 Å². The molecule has 0 saturated heterocycles. The molecule has 2 heteroatoms. The average Bonchev–Trinajstić information content (AvgIpc) is 2.80. The lowest BCUT2D eigenvalue weighted by atomic mass is 9.92. The zero-order valence-electron chi connectivity index (χ0n) is 14.3. The van der Waals surface area contributed by atoms with Gasteiger partial charge in [0.1, 0.15) is 5.75 Å². The number of nitrogens with two attached hydrogens (primary N) is 1. The number of methoxy groups -OCH3 is 1. The van der Waals surface area contributed by atoms with Crippen molar-refractivity contribution < 1.29 is 4.74 Å². The highest BCUT2D eigenvalue weighted by molar-refractivity contribution is 5.94. The van der Waals surface area contributed by atoms with Crippen LogP contribution in [0.2, 0.25) is 0 Å². The number of nitrogen functional groups attached to an aromatic ring is 1. The van der Waals surface area contributed by atoms with Gasteiger partial charge in [0.15, 0.2) is 0 Å². The summed E-state index contributed by atoms with van der Waals surface area (Å²) in [4.78, 5) is 0. The van der Waals surface area contributed by atoms with Crippen LogP contribution in [0.5, 0.6) is 5.75 Å². The number of anilines is 1. The van der Waals surface area contributed by atoms with Gasteiger partial charge in [-0.25, -0.2) is 0 Å². The van der Waals surface area contributed by atoms with Crippen molar-refractivity contribution in [2.24, 2.45) is 0 Å². The first-order chi connectivity index (χ1) is 12.2. The monoisotopic (exact) mass is 327 g/mol. The quantitative estimate of drug-likeness (QED) is 0.675. The molecule has 0 aromatic heterocycles. The van der Waals surface area contributed by atoms with Gasteiger partial charge >= 0.3 is 0 Å². The molecule has 2 N–H and O–H groups in total. The Kier molecular flexibility index (Phi) is 4.02.